The molecule has 6 heteroatoms. The molecule has 31 heavy (non-hydrogen) atoms. The molecule has 1 fully saturated rings. The van der Waals surface area contributed by atoms with Crippen molar-refractivity contribution >= 4 is 33.4 Å². The number of aliphatic hydroxyl groups is 1. The standard InChI is InChI=1S/C25H20BrNO4/c1-31-20-9-5-8-18(14-20)23(28)21-22(17-10-12-19(26)13-11-17)27(25(30)24(21)29)15-16-6-3-2-4-7-16/h2-14,22,28H,15H2,1H3/b23-21+. The number of carbonyl (C=O) groups is 2. The molecule has 0 saturated carbocycles. The highest BCUT2D eigenvalue weighted by Crippen LogP contribution is 2.40. The fourth-order valence-electron chi connectivity index (χ4n) is 3.74. The zero-order valence-corrected chi connectivity index (χ0v) is 18.4. The number of rotatable bonds is 5. The molecule has 0 aromatic heterocycles. The highest BCUT2D eigenvalue weighted by molar-refractivity contribution is 9.10. The van der Waals surface area contributed by atoms with Crippen LogP contribution in [-0.2, 0) is 16.1 Å². The number of ketones is 1. The van der Waals surface area contributed by atoms with E-state index in [1.165, 1.54) is 12.0 Å². The van der Waals surface area contributed by atoms with Gasteiger partial charge in [-0.2, -0.15) is 0 Å². The smallest absolute Gasteiger partial charge is 0.295 e. The molecular weight excluding hydrogens is 458 g/mol. The average Bonchev–Trinajstić information content (AvgIpc) is 3.05. The number of benzene rings is 3. The lowest BCUT2D eigenvalue weighted by Gasteiger charge is -2.25. The van der Waals surface area contributed by atoms with Crippen LogP contribution in [0.5, 0.6) is 5.75 Å². The van der Waals surface area contributed by atoms with Crippen LogP contribution in [0.15, 0.2) is 88.9 Å². The van der Waals surface area contributed by atoms with Gasteiger partial charge in [-0.15, -0.1) is 0 Å². The topological polar surface area (TPSA) is 66.8 Å². The Labute approximate surface area is 188 Å². The van der Waals surface area contributed by atoms with Crippen LogP contribution in [0.3, 0.4) is 0 Å². The number of halogens is 1. The second kappa shape index (κ2) is 8.78. The van der Waals surface area contributed by atoms with Crippen molar-refractivity contribution in [2.75, 3.05) is 7.11 Å². The predicted molar refractivity (Wildman–Crippen MR) is 121 cm³/mol. The first-order valence-electron chi connectivity index (χ1n) is 9.72. The van der Waals surface area contributed by atoms with Gasteiger partial charge < -0.3 is 14.7 Å². The summed E-state index contributed by atoms with van der Waals surface area (Å²) in [5.74, 6) is -1.02. The van der Waals surface area contributed by atoms with E-state index in [4.69, 9.17) is 4.74 Å². The Balaban J connectivity index is 1.86. The van der Waals surface area contributed by atoms with Gasteiger partial charge in [-0.1, -0.05) is 70.5 Å². The number of Topliss-reactive ketones (excluding diaryl/α,β-unsaturated/α-hetero) is 1. The fraction of sp³-hybridized carbons (Fsp3) is 0.120. The zero-order chi connectivity index (χ0) is 22.0. The monoisotopic (exact) mass is 477 g/mol. The Kier molecular flexibility index (Phi) is 5.91. The van der Waals surface area contributed by atoms with Gasteiger partial charge in [-0.25, -0.2) is 0 Å². The number of methoxy groups -OCH3 is 1. The number of carbonyl (C=O) groups excluding carboxylic acids is 2. The van der Waals surface area contributed by atoms with Crippen molar-refractivity contribution in [1.29, 1.82) is 0 Å². The second-order valence-corrected chi connectivity index (χ2v) is 8.11. The lowest BCUT2D eigenvalue weighted by Crippen LogP contribution is -2.29. The number of likely N-dealkylation sites (tertiary alicyclic amines) is 1. The van der Waals surface area contributed by atoms with E-state index in [-0.39, 0.29) is 17.9 Å². The molecule has 4 rings (SSSR count). The summed E-state index contributed by atoms with van der Waals surface area (Å²) in [6.07, 6.45) is 0. The third-order valence-electron chi connectivity index (χ3n) is 5.26. The SMILES string of the molecule is COc1cccc(/C(O)=C2\C(=O)C(=O)N(Cc3ccccc3)C2c2ccc(Br)cc2)c1. The summed E-state index contributed by atoms with van der Waals surface area (Å²) in [6, 6.07) is 22.9. The summed E-state index contributed by atoms with van der Waals surface area (Å²) in [4.78, 5) is 27.6. The Morgan fingerprint density at radius 2 is 1.71 bits per heavy atom. The normalized spacial score (nSPS) is 17.7. The van der Waals surface area contributed by atoms with Crippen molar-refractivity contribution < 1.29 is 19.4 Å². The molecule has 1 saturated heterocycles. The molecule has 1 unspecified atom stereocenters. The Morgan fingerprint density at radius 1 is 1.00 bits per heavy atom. The van der Waals surface area contributed by atoms with E-state index < -0.39 is 17.7 Å². The minimum Gasteiger partial charge on any atom is -0.507 e. The largest absolute Gasteiger partial charge is 0.507 e. The first kappa shape index (κ1) is 20.9. The van der Waals surface area contributed by atoms with Crippen LogP contribution >= 0.6 is 15.9 Å². The average molecular weight is 478 g/mol. The van der Waals surface area contributed by atoms with E-state index >= 15 is 0 Å². The van der Waals surface area contributed by atoms with Gasteiger partial charge in [0.25, 0.3) is 11.7 Å². The molecule has 0 spiro atoms. The minimum absolute atomic E-state index is 0.0662. The molecule has 3 aromatic carbocycles. The third kappa shape index (κ3) is 4.11. The number of hydrogen-bond donors (Lipinski definition) is 1. The molecule has 1 amide bonds. The summed E-state index contributed by atoms with van der Waals surface area (Å²) in [6.45, 7) is 0.251. The van der Waals surface area contributed by atoms with E-state index in [9.17, 15) is 14.7 Å². The highest BCUT2D eigenvalue weighted by atomic mass is 79.9. The van der Waals surface area contributed by atoms with Crippen molar-refractivity contribution in [1.82, 2.24) is 4.90 Å². The number of aliphatic hydroxyl groups excluding tert-OH is 1. The first-order valence-corrected chi connectivity index (χ1v) is 10.5. The second-order valence-electron chi connectivity index (χ2n) is 7.20. The minimum atomic E-state index is -0.709. The van der Waals surface area contributed by atoms with Gasteiger partial charge in [0.2, 0.25) is 0 Å². The molecule has 5 nitrogen and oxygen atoms in total. The van der Waals surface area contributed by atoms with Gasteiger partial charge in [0.1, 0.15) is 11.5 Å². The molecular formula is C25H20BrNO4. The molecule has 1 aliphatic rings. The molecule has 156 valence electrons. The van der Waals surface area contributed by atoms with E-state index in [0.29, 0.717) is 11.3 Å². The molecule has 3 aromatic rings. The van der Waals surface area contributed by atoms with Gasteiger partial charge in [0.15, 0.2) is 0 Å². The van der Waals surface area contributed by atoms with Crippen LogP contribution in [0, 0.1) is 0 Å². The summed E-state index contributed by atoms with van der Waals surface area (Å²) >= 11 is 3.42. The van der Waals surface area contributed by atoms with Crippen LogP contribution in [0.4, 0.5) is 0 Å². The molecule has 1 aliphatic heterocycles. The number of ether oxygens (including phenoxy) is 1. The molecule has 1 atom stereocenters. The van der Waals surface area contributed by atoms with Crippen LogP contribution in [0.1, 0.15) is 22.7 Å². The van der Waals surface area contributed by atoms with Crippen LogP contribution in [0.2, 0.25) is 0 Å². The maximum Gasteiger partial charge on any atom is 0.295 e. The lowest BCUT2D eigenvalue weighted by molar-refractivity contribution is -0.140. The Hall–Kier alpha value is -3.38. The first-order chi connectivity index (χ1) is 15.0. The predicted octanol–water partition coefficient (Wildman–Crippen LogP) is 5.08. The van der Waals surface area contributed by atoms with E-state index in [0.717, 1.165) is 15.6 Å². The summed E-state index contributed by atoms with van der Waals surface area (Å²) < 4.78 is 6.12. The lowest BCUT2D eigenvalue weighted by atomic mass is 9.95. The fourth-order valence-corrected chi connectivity index (χ4v) is 4.01. The van der Waals surface area contributed by atoms with Crippen molar-refractivity contribution in [3.8, 4) is 5.75 Å². The van der Waals surface area contributed by atoms with Gasteiger partial charge in [-0.05, 0) is 35.4 Å². The maximum atomic E-state index is 13.1. The van der Waals surface area contributed by atoms with E-state index in [2.05, 4.69) is 15.9 Å². The summed E-state index contributed by atoms with van der Waals surface area (Å²) in [5, 5.41) is 11.1. The van der Waals surface area contributed by atoms with Crippen LogP contribution in [0.25, 0.3) is 5.76 Å². The number of hydrogen-bond acceptors (Lipinski definition) is 4. The van der Waals surface area contributed by atoms with Gasteiger partial charge in [-0.3, -0.25) is 9.59 Å². The number of amides is 1. The van der Waals surface area contributed by atoms with Crippen molar-refractivity contribution in [2.45, 2.75) is 12.6 Å². The number of nitrogens with zero attached hydrogens (tertiary/aromatic N) is 1. The molecule has 0 aliphatic carbocycles. The van der Waals surface area contributed by atoms with Crippen molar-refractivity contribution in [3.05, 3.63) is 106 Å². The Morgan fingerprint density at radius 3 is 2.39 bits per heavy atom. The summed E-state index contributed by atoms with van der Waals surface area (Å²) in [5.41, 5.74) is 2.12. The molecule has 0 bridgehead atoms. The van der Waals surface area contributed by atoms with Gasteiger partial charge >= 0.3 is 0 Å². The van der Waals surface area contributed by atoms with Crippen molar-refractivity contribution in [2.24, 2.45) is 0 Å². The molecule has 0 radical (unpaired) electrons. The van der Waals surface area contributed by atoms with Crippen LogP contribution < -0.4 is 4.74 Å². The maximum absolute atomic E-state index is 13.1. The van der Waals surface area contributed by atoms with Crippen LogP contribution in [-0.4, -0.2) is 28.8 Å². The third-order valence-corrected chi connectivity index (χ3v) is 5.79. The summed E-state index contributed by atoms with van der Waals surface area (Å²) in [7, 11) is 1.53. The van der Waals surface area contributed by atoms with Crippen molar-refractivity contribution in [3.63, 3.8) is 0 Å². The highest BCUT2D eigenvalue weighted by Gasteiger charge is 2.46. The molecule has 1 heterocycles. The van der Waals surface area contributed by atoms with Gasteiger partial charge in [0, 0.05) is 16.6 Å². The zero-order valence-electron chi connectivity index (χ0n) is 16.8. The molecule has 1 N–H and O–H groups in total. The van der Waals surface area contributed by atoms with Gasteiger partial charge in [0.05, 0.1) is 18.7 Å². The Bertz CT molecular complexity index is 1160. The van der Waals surface area contributed by atoms with E-state index in [1.54, 1.807) is 24.3 Å². The van der Waals surface area contributed by atoms with E-state index in [1.807, 2.05) is 54.6 Å². The quantitative estimate of drug-likeness (QED) is 0.316.